The van der Waals surface area contributed by atoms with Gasteiger partial charge in [0.1, 0.15) is 17.2 Å². The fraction of sp³-hybridized carbons (Fsp3) is 0.409. The summed E-state index contributed by atoms with van der Waals surface area (Å²) < 4.78 is 16.2. The topological polar surface area (TPSA) is 56.8 Å². The van der Waals surface area contributed by atoms with Crippen LogP contribution in [-0.4, -0.2) is 32.8 Å². The summed E-state index contributed by atoms with van der Waals surface area (Å²) in [5.41, 5.74) is 1.25. The maximum Gasteiger partial charge on any atom is 0.220 e. The summed E-state index contributed by atoms with van der Waals surface area (Å²) in [5, 5.41) is 2.96. The molecule has 27 heavy (non-hydrogen) atoms. The van der Waals surface area contributed by atoms with Crippen molar-refractivity contribution in [1.29, 1.82) is 0 Å². The molecule has 0 spiro atoms. The minimum Gasteiger partial charge on any atom is -0.497 e. The van der Waals surface area contributed by atoms with Crippen LogP contribution in [0.25, 0.3) is 0 Å². The Balaban J connectivity index is 1.52. The van der Waals surface area contributed by atoms with E-state index in [1.54, 1.807) is 7.11 Å². The van der Waals surface area contributed by atoms with Crippen molar-refractivity contribution in [3.05, 3.63) is 54.1 Å². The molecule has 5 nitrogen and oxygen atoms in total. The van der Waals surface area contributed by atoms with Gasteiger partial charge in [0, 0.05) is 13.0 Å². The van der Waals surface area contributed by atoms with E-state index in [0.717, 1.165) is 30.1 Å². The van der Waals surface area contributed by atoms with Gasteiger partial charge in [-0.15, -0.1) is 0 Å². The van der Waals surface area contributed by atoms with E-state index in [-0.39, 0.29) is 5.91 Å². The standard InChI is InChI=1S/C22H29NO4/c1-3-26-20-10-8-18(9-11-20)6-4-16-23-22(24)7-5-17-27-21-14-12-19(25-2)13-15-21/h8-15H,3-7,16-17H2,1-2H3,(H,23,24). The van der Waals surface area contributed by atoms with Crippen molar-refractivity contribution in [2.45, 2.75) is 32.6 Å². The highest BCUT2D eigenvalue weighted by molar-refractivity contribution is 5.75. The third-order valence-corrected chi connectivity index (χ3v) is 4.08. The van der Waals surface area contributed by atoms with Gasteiger partial charge in [0.15, 0.2) is 0 Å². The number of hydrogen-bond donors (Lipinski definition) is 1. The van der Waals surface area contributed by atoms with Crippen molar-refractivity contribution in [3.8, 4) is 17.2 Å². The summed E-state index contributed by atoms with van der Waals surface area (Å²) in [4.78, 5) is 11.9. The molecule has 5 heteroatoms. The molecule has 0 aliphatic heterocycles. The van der Waals surface area contributed by atoms with Crippen molar-refractivity contribution in [1.82, 2.24) is 5.32 Å². The molecular weight excluding hydrogens is 342 g/mol. The zero-order valence-corrected chi connectivity index (χ0v) is 16.2. The number of rotatable bonds is 12. The van der Waals surface area contributed by atoms with Gasteiger partial charge in [-0.25, -0.2) is 0 Å². The molecule has 0 radical (unpaired) electrons. The molecule has 0 fully saturated rings. The number of carbonyl (C=O) groups is 1. The van der Waals surface area contributed by atoms with Gasteiger partial charge in [0.2, 0.25) is 5.91 Å². The first-order chi connectivity index (χ1) is 13.2. The summed E-state index contributed by atoms with van der Waals surface area (Å²) in [5.74, 6) is 2.55. The summed E-state index contributed by atoms with van der Waals surface area (Å²) in [6.07, 6.45) is 3.02. The second-order valence-corrected chi connectivity index (χ2v) is 6.16. The van der Waals surface area contributed by atoms with E-state index in [1.165, 1.54) is 5.56 Å². The molecule has 0 aromatic heterocycles. The minimum absolute atomic E-state index is 0.0695. The maximum absolute atomic E-state index is 11.9. The monoisotopic (exact) mass is 371 g/mol. The van der Waals surface area contributed by atoms with Gasteiger partial charge >= 0.3 is 0 Å². The number of benzene rings is 2. The Hall–Kier alpha value is -2.69. The fourth-order valence-corrected chi connectivity index (χ4v) is 2.62. The molecular formula is C22H29NO4. The highest BCUT2D eigenvalue weighted by Gasteiger charge is 2.02. The normalized spacial score (nSPS) is 10.3. The summed E-state index contributed by atoms with van der Waals surface area (Å²) in [6, 6.07) is 15.5. The molecule has 2 aromatic carbocycles. The van der Waals surface area contributed by atoms with Crippen LogP contribution < -0.4 is 19.5 Å². The van der Waals surface area contributed by atoms with Crippen LogP contribution >= 0.6 is 0 Å². The lowest BCUT2D eigenvalue weighted by molar-refractivity contribution is -0.121. The SMILES string of the molecule is CCOc1ccc(CCCNC(=O)CCCOc2ccc(OC)cc2)cc1. The fourth-order valence-electron chi connectivity index (χ4n) is 2.62. The highest BCUT2D eigenvalue weighted by Crippen LogP contribution is 2.17. The molecule has 0 heterocycles. The quantitative estimate of drug-likeness (QED) is 0.573. The molecule has 2 rings (SSSR count). The Morgan fingerprint density at radius 1 is 0.889 bits per heavy atom. The van der Waals surface area contributed by atoms with E-state index in [4.69, 9.17) is 14.2 Å². The molecule has 0 bridgehead atoms. The highest BCUT2D eigenvalue weighted by atomic mass is 16.5. The van der Waals surface area contributed by atoms with E-state index in [1.807, 2.05) is 43.3 Å². The Labute approximate surface area is 161 Å². The van der Waals surface area contributed by atoms with Crippen LogP contribution in [0.1, 0.15) is 31.7 Å². The molecule has 0 saturated heterocycles. The molecule has 0 saturated carbocycles. The van der Waals surface area contributed by atoms with E-state index in [0.29, 0.717) is 32.6 Å². The van der Waals surface area contributed by atoms with Crippen molar-refractivity contribution >= 4 is 5.91 Å². The van der Waals surface area contributed by atoms with Gasteiger partial charge < -0.3 is 19.5 Å². The first-order valence-corrected chi connectivity index (χ1v) is 9.46. The zero-order valence-electron chi connectivity index (χ0n) is 16.2. The molecule has 0 atom stereocenters. The predicted molar refractivity (Wildman–Crippen MR) is 107 cm³/mol. The van der Waals surface area contributed by atoms with Gasteiger partial charge in [-0.05, 0) is 68.1 Å². The van der Waals surface area contributed by atoms with E-state index in [9.17, 15) is 4.79 Å². The van der Waals surface area contributed by atoms with E-state index in [2.05, 4.69) is 17.4 Å². The van der Waals surface area contributed by atoms with Crippen molar-refractivity contribution < 1.29 is 19.0 Å². The molecule has 0 aliphatic carbocycles. The van der Waals surface area contributed by atoms with Crippen molar-refractivity contribution in [2.75, 3.05) is 26.9 Å². The molecule has 1 N–H and O–H groups in total. The van der Waals surface area contributed by atoms with Gasteiger partial charge in [-0.2, -0.15) is 0 Å². The number of ether oxygens (including phenoxy) is 3. The average Bonchev–Trinajstić information content (AvgIpc) is 2.70. The van der Waals surface area contributed by atoms with Gasteiger partial charge in [0.25, 0.3) is 0 Å². The van der Waals surface area contributed by atoms with Crippen LogP contribution in [0, 0.1) is 0 Å². The Morgan fingerprint density at radius 3 is 2.19 bits per heavy atom. The lowest BCUT2D eigenvalue weighted by Gasteiger charge is -2.08. The number of methoxy groups -OCH3 is 1. The lowest BCUT2D eigenvalue weighted by Crippen LogP contribution is -2.24. The van der Waals surface area contributed by atoms with Gasteiger partial charge in [0.05, 0.1) is 20.3 Å². The number of nitrogens with one attached hydrogen (secondary N) is 1. The Bertz CT molecular complexity index is 668. The van der Waals surface area contributed by atoms with Crippen LogP contribution in [0.3, 0.4) is 0 Å². The first kappa shape index (κ1) is 20.6. The predicted octanol–water partition coefficient (Wildman–Crippen LogP) is 4.00. The maximum atomic E-state index is 11.9. The molecule has 0 aliphatic rings. The second-order valence-electron chi connectivity index (χ2n) is 6.16. The Morgan fingerprint density at radius 2 is 1.52 bits per heavy atom. The molecule has 0 unspecified atom stereocenters. The van der Waals surface area contributed by atoms with Gasteiger partial charge in [-0.3, -0.25) is 4.79 Å². The van der Waals surface area contributed by atoms with Crippen LogP contribution in [0.4, 0.5) is 0 Å². The number of hydrogen-bond acceptors (Lipinski definition) is 4. The summed E-state index contributed by atoms with van der Waals surface area (Å²) in [7, 11) is 1.63. The molecule has 2 aromatic rings. The van der Waals surface area contributed by atoms with Crippen LogP contribution in [0.2, 0.25) is 0 Å². The van der Waals surface area contributed by atoms with E-state index < -0.39 is 0 Å². The number of aryl methyl sites for hydroxylation is 1. The Kier molecular flexibility index (Phi) is 9.04. The van der Waals surface area contributed by atoms with Crippen LogP contribution in [0.5, 0.6) is 17.2 Å². The van der Waals surface area contributed by atoms with Crippen molar-refractivity contribution in [3.63, 3.8) is 0 Å². The first-order valence-electron chi connectivity index (χ1n) is 9.46. The second kappa shape index (κ2) is 11.8. The smallest absolute Gasteiger partial charge is 0.220 e. The third kappa shape index (κ3) is 8.03. The number of carbonyl (C=O) groups excluding carboxylic acids is 1. The third-order valence-electron chi connectivity index (χ3n) is 4.08. The van der Waals surface area contributed by atoms with Crippen LogP contribution in [0.15, 0.2) is 48.5 Å². The average molecular weight is 371 g/mol. The van der Waals surface area contributed by atoms with Crippen molar-refractivity contribution in [2.24, 2.45) is 0 Å². The minimum atomic E-state index is 0.0695. The summed E-state index contributed by atoms with van der Waals surface area (Å²) in [6.45, 7) is 3.86. The zero-order chi connectivity index (χ0) is 19.3. The lowest BCUT2D eigenvalue weighted by atomic mass is 10.1. The van der Waals surface area contributed by atoms with E-state index >= 15 is 0 Å². The number of amides is 1. The molecule has 146 valence electrons. The van der Waals surface area contributed by atoms with Gasteiger partial charge in [-0.1, -0.05) is 12.1 Å². The largest absolute Gasteiger partial charge is 0.497 e. The molecule has 1 amide bonds. The summed E-state index contributed by atoms with van der Waals surface area (Å²) >= 11 is 0. The van der Waals surface area contributed by atoms with Crippen LogP contribution in [-0.2, 0) is 11.2 Å².